The maximum absolute atomic E-state index is 11.9. The molecule has 4 heteroatoms. The normalized spacial score (nSPS) is 11.2. The molecule has 0 aliphatic rings. The van der Waals surface area contributed by atoms with Crippen LogP contribution in [0.4, 0.5) is 5.69 Å². The molecule has 4 nitrogen and oxygen atoms in total. The molecular formula is C15H23N3O. The Morgan fingerprint density at radius 2 is 1.95 bits per heavy atom. The highest BCUT2D eigenvalue weighted by molar-refractivity contribution is 5.88. The molecule has 0 radical (unpaired) electrons. The molecule has 19 heavy (non-hydrogen) atoms. The summed E-state index contributed by atoms with van der Waals surface area (Å²) >= 11 is 0. The number of hydrogen-bond donors (Lipinski definition) is 2. The van der Waals surface area contributed by atoms with E-state index in [0.717, 1.165) is 30.0 Å². The predicted octanol–water partition coefficient (Wildman–Crippen LogP) is 2.13. The van der Waals surface area contributed by atoms with Gasteiger partial charge >= 0.3 is 0 Å². The highest BCUT2D eigenvalue weighted by Gasteiger charge is 2.06. The van der Waals surface area contributed by atoms with E-state index in [0.29, 0.717) is 6.54 Å². The van der Waals surface area contributed by atoms with Gasteiger partial charge in [0.25, 0.3) is 0 Å². The van der Waals surface area contributed by atoms with Crippen molar-refractivity contribution in [3.8, 4) is 0 Å². The van der Waals surface area contributed by atoms with Crippen molar-refractivity contribution < 1.29 is 4.79 Å². The number of rotatable bonds is 6. The molecule has 1 aromatic carbocycles. The van der Waals surface area contributed by atoms with Gasteiger partial charge in [0.1, 0.15) is 0 Å². The van der Waals surface area contributed by atoms with Crippen molar-refractivity contribution in [3.63, 3.8) is 0 Å². The molecule has 0 fully saturated rings. The molecule has 1 aromatic rings. The summed E-state index contributed by atoms with van der Waals surface area (Å²) in [5.41, 5.74) is 8.51. The minimum absolute atomic E-state index is 0.0380. The van der Waals surface area contributed by atoms with E-state index in [1.807, 2.05) is 45.0 Å². The molecule has 1 amide bonds. The van der Waals surface area contributed by atoms with Crippen LogP contribution >= 0.6 is 0 Å². The molecule has 0 bridgehead atoms. The molecular weight excluding hydrogens is 238 g/mol. The van der Waals surface area contributed by atoms with Crippen LogP contribution in [0.2, 0.25) is 0 Å². The van der Waals surface area contributed by atoms with Crippen LogP contribution < -0.4 is 11.1 Å². The van der Waals surface area contributed by atoms with Gasteiger partial charge in [-0.3, -0.25) is 4.79 Å². The summed E-state index contributed by atoms with van der Waals surface area (Å²) in [6.45, 7) is 7.92. The molecule has 0 aliphatic carbocycles. The van der Waals surface area contributed by atoms with Crippen molar-refractivity contribution in [1.29, 1.82) is 0 Å². The number of likely N-dealkylation sites (N-methyl/N-ethyl adjacent to an activating group) is 1. The lowest BCUT2D eigenvalue weighted by molar-refractivity contribution is -0.125. The van der Waals surface area contributed by atoms with E-state index in [-0.39, 0.29) is 5.91 Å². The van der Waals surface area contributed by atoms with Gasteiger partial charge < -0.3 is 16.0 Å². The molecule has 3 N–H and O–H groups in total. The average molecular weight is 261 g/mol. The van der Waals surface area contributed by atoms with Crippen molar-refractivity contribution >= 4 is 11.6 Å². The molecule has 0 saturated carbocycles. The Morgan fingerprint density at radius 1 is 1.32 bits per heavy atom. The van der Waals surface area contributed by atoms with Crippen LogP contribution in [0.1, 0.15) is 26.3 Å². The number of amides is 1. The van der Waals surface area contributed by atoms with Crippen molar-refractivity contribution in [2.24, 2.45) is 0 Å². The SMILES string of the molecule is CCN(CC)C(=O)/C=C(/C)NCc1ccccc1N. The van der Waals surface area contributed by atoms with Crippen molar-refractivity contribution in [3.05, 3.63) is 41.6 Å². The van der Waals surface area contributed by atoms with Gasteiger partial charge in [-0.25, -0.2) is 0 Å². The standard InChI is InChI=1S/C15H23N3O/c1-4-18(5-2)15(19)10-12(3)17-11-13-8-6-7-9-14(13)16/h6-10,17H,4-5,11,16H2,1-3H3/b12-10-. The van der Waals surface area contributed by atoms with Gasteiger partial charge in [-0.05, 0) is 32.4 Å². The number of benzene rings is 1. The number of nitrogens with one attached hydrogen (secondary N) is 1. The second-order valence-corrected chi connectivity index (χ2v) is 4.39. The highest BCUT2D eigenvalue weighted by atomic mass is 16.2. The first-order valence-corrected chi connectivity index (χ1v) is 6.62. The van der Waals surface area contributed by atoms with Crippen LogP contribution in [0.25, 0.3) is 0 Å². The fourth-order valence-electron chi connectivity index (χ4n) is 1.79. The van der Waals surface area contributed by atoms with E-state index >= 15 is 0 Å². The second kappa shape index (κ2) is 7.46. The Morgan fingerprint density at radius 3 is 2.53 bits per heavy atom. The van der Waals surface area contributed by atoms with Gasteiger partial charge in [0.05, 0.1) is 0 Å². The number of carbonyl (C=O) groups is 1. The molecule has 0 aliphatic heterocycles. The summed E-state index contributed by atoms with van der Waals surface area (Å²) < 4.78 is 0. The van der Waals surface area contributed by atoms with Gasteiger partial charge in [0.2, 0.25) is 5.91 Å². The van der Waals surface area contributed by atoms with Gasteiger partial charge in [-0.15, -0.1) is 0 Å². The van der Waals surface area contributed by atoms with E-state index in [2.05, 4.69) is 5.32 Å². The molecule has 1 rings (SSSR count). The molecule has 0 saturated heterocycles. The summed E-state index contributed by atoms with van der Waals surface area (Å²) in [5, 5.41) is 3.21. The summed E-state index contributed by atoms with van der Waals surface area (Å²) in [6.07, 6.45) is 1.63. The van der Waals surface area contributed by atoms with E-state index in [9.17, 15) is 4.79 Å². The average Bonchev–Trinajstić information content (AvgIpc) is 2.39. The minimum Gasteiger partial charge on any atom is -0.398 e. The molecule has 0 unspecified atom stereocenters. The Bertz CT molecular complexity index is 450. The number of para-hydroxylation sites is 1. The van der Waals surface area contributed by atoms with Crippen LogP contribution in [0.15, 0.2) is 36.0 Å². The summed E-state index contributed by atoms with van der Waals surface area (Å²) in [4.78, 5) is 13.7. The zero-order chi connectivity index (χ0) is 14.3. The van der Waals surface area contributed by atoms with E-state index < -0.39 is 0 Å². The summed E-state index contributed by atoms with van der Waals surface area (Å²) in [7, 11) is 0. The number of nitrogen functional groups attached to an aromatic ring is 1. The first kappa shape index (κ1) is 15.1. The van der Waals surface area contributed by atoms with Gasteiger partial charge in [-0.2, -0.15) is 0 Å². The van der Waals surface area contributed by atoms with Crippen LogP contribution in [0.5, 0.6) is 0 Å². The van der Waals surface area contributed by atoms with Crippen molar-refractivity contribution in [2.45, 2.75) is 27.3 Å². The lowest BCUT2D eigenvalue weighted by Crippen LogP contribution is -2.29. The Labute approximate surface area is 115 Å². The third-order valence-corrected chi connectivity index (χ3v) is 3.03. The monoisotopic (exact) mass is 261 g/mol. The molecule has 0 aromatic heterocycles. The number of hydrogen-bond acceptors (Lipinski definition) is 3. The largest absolute Gasteiger partial charge is 0.398 e. The van der Waals surface area contributed by atoms with Crippen molar-refractivity contribution in [1.82, 2.24) is 10.2 Å². The number of allylic oxidation sites excluding steroid dienone is 1. The first-order chi connectivity index (χ1) is 9.08. The van der Waals surface area contributed by atoms with Gasteiger partial charge in [0, 0.05) is 37.1 Å². The number of nitrogens with two attached hydrogens (primary N) is 1. The third-order valence-electron chi connectivity index (χ3n) is 3.03. The Kier molecular flexibility index (Phi) is 5.93. The molecule has 104 valence electrons. The Balaban J connectivity index is 2.58. The molecule has 0 atom stereocenters. The number of carbonyl (C=O) groups excluding carboxylic acids is 1. The minimum atomic E-state index is 0.0380. The smallest absolute Gasteiger partial charge is 0.248 e. The third kappa shape index (κ3) is 4.66. The maximum atomic E-state index is 11.9. The maximum Gasteiger partial charge on any atom is 0.248 e. The van der Waals surface area contributed by atoms with Crippen LogP contribution in [0.3, 0.4) is 0 Å². The van der Waals surface area contributed by atoms with E-state index in [4.69, 9.17) is 5.73 Å². The number of nitrogens with zero attached hydrogens (tertiary/aromatic N) is 1. The lowest BCUT2D eigenvalue weighted by Gasteiger charge is -2.17. The number of anilines is 1. The molecule has 0 heterocycles. The lowest BCUT2D eigenvalue weighted by atomic mass is 10.2. The topological polar surface area (TPSA) is 58.4 Å². The highest BCUT2D eigenvalue weighted by Crippen LogP contribution is 2.10. The molecule has 0 spiro atoms. The van der Waals surface area contributed by atoms with E-state index in [1.54, 1.807) is 11.0 Å². The second-order valence-electron chi connectivity index (χ2n) is 4.39. The van der Waals surface area contributed by atoms with Crippen LogP contribution in [-0.4, -0.2) is 23.9 Å². The fraction of sp³-hybridized carbons (Fsp3) is 0.400. The predicted molar refractivity (Wildman–Crippen MR) is 79.4 cm³/mol. The van der Waals surface area contributed by atoms with Crippen molar-refractivity contribution in [2.75, 3.05) is 18.8 Å². The first-order valence-electron chi connectivity index (χ1n) is 6.62. The van der Waals surface area contributed by atoms with Gasteiger partial charge in [0.15, 0.2) is 0 Å². The Hall–Kier alpha value is -1.97. The zero-order valence-corrected chi connectivity index (χ0v) is 11.9. The van der Waals surface area contributed by atoms with Gasteiger partial charge in [-0.1, -0.05) is 18.2 Å². The fourth-order valence-corrected chi connectivity index (χ4v) is 1.79. The summed E-state index contributed by atoms with van der Waals surface area (Å²) in [5.74, 6) is 0.0380. The summed E-state index contributed by atoms with van der Waals surface area (Å²) in [6, 6.07) is 7.71. The quantitative estimate of drug-likeness (QED) is 0.609. The van der Waals surface area contributed by atoms with Crippen LogP contribution in [-0.2, 0) is 11.3 Å². The zero-order valence-electron chi connectivity index (χ0n) is 11.9. The van der Waals surface area contributed by atoms with E-state index in [1.165, 1.54) is 0 Å². The van der Waals surface area contributed by atoms with Crippen LogP contribution in [0, 0.1) is 0 Å².